The first-order valence-electron chi connectivity index (χ1n) is 6.75. The fourth-order valence-electron chi connectivity index (χ4n) is 1.94. The van der Waals surface area contributed by atoms with Crippen molar-refractivity contribution in [3.05, 3.63) is 34.0 Å². The molecule has 1 aromatic heterocycles. The number of carbonyl (C=O) groups excluding carboxylic acids is 1. The average Bonchev–Trinajstić information content (AvgIpc) is 2.89. The number of amides is 1. The SMILES string of the molecule is CCCNCCNC(=O)c1n[nH]c2ccc([N+](=O)[O-])cc12. The van der Waals surface area contributed by atoms with Crippen LogP contribution in [0.2, 0.25) is 0 Å². The van der Waals surface area contributed by atoms with Crippen molar-refractivity contribution in [1.29, 1.82) is 0 Å². The van der Waals surface area contributed by atoms with Crippen molar-refractivity contribution >= 4 is 22.5 Å². The van der Waals surface area contributed by atoms with Crippen LogP contribution in [0.5, 0.6) is 0 Å². The number of hydrogen-bond donors (Lipinski definition) is 3. The van der Waals surface area contributed by atoms with Crippen LogP contribution >= 0.6 is 0 Å². The number of hydrogen-bond acceptors (Lipinski definition) is 5. The van der Waals surface area contributed by atoms with Crippen molar-refractivity contribution in [3.8, 4) is 0 Å². The van der Waals surface area contributed by atoms with E-state index >= 15 is 0 Å². The molecule has 1 aromatic carbocycles. The van der Waals surface area contributed by atoms with E-state index < -0.39 is 4.92 Å². The Morgan fingerprint density at radius 2 is 2.19 bits per heavy atom. The molecule has 0 radical (unpaired) electrons. The third kappa shape index (κ3) is 3.54. The van der Waals surface area contributed by atoms with Gasteiger partial charge in [0.15, 0.2) is 5.69 Å². The zero-order valence-corrected chi connectivity index (χ0v) is 11.7. The van der Waals surface area contributed by atoms with Gasteiger partial charge in [0.1, 0.15) is 0 Å². The summed E-state index contributed by atoms with van der Waals surface area (Å²) in [6.07, 6.45) is 1.03. The van der Waals surface area contributed by atoms with Crippen LogP contribution in [-0.4, -0.2) is 40.7 Å². The van der Waals surface area contributed by atoms with E-state index in [9.17, 15) is 14.9 Å². The summed E-state index contributed by atoms with van der Waals surface area (Å²) in [5, 5.41) is 23.8. The standard InChI is InChI=1S/C13H17N5O3/c1-2-5-14-6-7-15-13(19)12-10-8-9(18(20)21)3-4-11(10)16-17-12/h3-4,8,14H,2,5-7H2,1H3,(H,15,19)(H,16,17). The van der Waals surface area contributed by atoms with Crippen LogP contribution in [0.3, 0.4) is 0 Å². The minimum absolute atomic E-state index is 0.0671. The van der Waals surface area contributed by atoms with Gasteiger partial charge in [-0.2, -0.15) is 5.10 Å². The molecule has 21 heavy (non-hydrogen) atoms. The third-order valence-electron chi connectivity index (χ3n) is 2.99. The van der Waals surface area contributed by atoms with E-state index in [1.165, 1.54) is 12.1 Å². The summed E-state index contributed by atoms with van der Waals surface area (Å²) in [6.45, 7) is 4.10. The molecular formula is C13H17N5O3. The van der Waals surface area contributed by atoms with Gasteiger partial charge in [-0.15, -0.1) is 0 Å². The molecule has 3 N–H and O–H groups in total. The quantitative estimate of drug-likeness (QED) is 0.403. The molecule has 1 amide bonds. The number of aromatic nitrogens is 2. The molecule has 112 valence electrons. The summed E-state index contributed by atoms with van der Waals surface area (Å²) < 4.78 is 0. The highest BCUT2D eigenvalue weighted by molar-refractivity contribution is 6.05. The Morgan fingerprint density at radius 3 is 2.90 bits per heavy atom. The summed E-state index contributed by atoms with van der Waals surface area (Å²) in [4.78, 5) is 22.3. The van der Waals surface area contributed by atoms with Gasteiger partial charge in [0.25, 0.3) is 11.6 Å². The Kier molecular flexibility index (Phi) is 4.83. The van der Waals surface area contributed by atoms with Crippen molar-refractivity contribution in [1.82, 2.24) is 20.8 Å². The van der Waals surface area contributed by atoms with Gasteiger partial charge >= 0.3 is 0 Å². The number of non-ortho nitro benzene ring substituents is 1. The molecule has 0 unspecified atom stereocenters. The molecule has 1 heterocycles. The summed E-state index contributed by atoms with van der Waals surface area (Å²) in [6, 6.07) is 4.26. The number of benzene rings is 1. The topological polar surface area (TPSA) is 113 Å². The Hall–Kier alpha value is -2.48. The maximum Gasteiger partial charge on any atom is 0.272 e. The summed E-state index contributed by atoms with van der Waals surface area (Å²) in [5.74, 6) is -0.347. The Morgan fingerprint density at radius 1 is 1.38 bits per heavy atom. The molecule has 0 aliphatic carbocycles. The Labute approximate surface area is 121 Å². The van der Waals surface area contributed by atoms with E-state index in [0.717, 1.165) is 13.0 Å². The molecule has 0 fully saturated rings. The van der Waals surface area contributed by atoms with Crippen molar-refractivity contribution in [2.24, 2.45) is 0 Å². The van der Waals surface area contributed by atoms with Gasteiger partial charge in [0.2, 0.25) is 0 Å². The van der Waals surface area contributed by atoms with Gasteiger partial charge in [-0.25, -0.2) is 0 Å². The minimum atomic E-state index is -0.497. The molecule has 0 aliphatic heterocycles. The van der Waals surface area contributed by atoms with Gasteiger partial charge in [0, 0.05) is 30.6 Å². The van der Waals surface area contributed by atoms with E-state index in [1.54, 1.807) is 6.07 Å². The lowest BCUT2D eigenvalue weighted by Gasteiger charge is -2.04. The highest BCUT2D eigenvalue weighted by atomic mass is 16.6. The van der Waals surface area contributed by atoms with Crippen LogP contribution in [0.1, 0.15) is 23.8 Å². The third-order valence-corrected chi connectivity index (χ3v) is 2.99. The number of carbonyl (C=O) groups is 1. The van der Waals surface area contributed by atoms with E-state index in [1.807, 2.05) is 0 Å². The monoisotopic (exact) mass is 291 g/mol. The van der Waals surface area contributed by atoms with Crippen molar-refractivity contribution < 1.29 is 9.72 Å². The smallest absolute Gasteiger partial charge is 0.272 e. The predicted octanol–water partition coefficient (Wildman–Crippen LogP) is 1.20. The first-order chi connectivity index (χ1) is 10.1. The fourth-order valence-corrected chi connectivity index (χ4v) is 1.94. The predicted molar refractivity (Wildman–Crippen MR) is 78.2 cm³/mol. The Bertz CT molecular complexity index is 652. The zero-order valence-electron chi connectivity index (χ0n) is 11.7. The first-order valence-corrected chi connectivity index (χ1v) is 6.75. The minimum Gasteiger partial charge on any atom is -0.349 e. The largest absolute Gasteiger partial charge is 0.349 e. The number of aromatic amines is 1. The van der Waals surface area contributed by atoms with Crippen LogP contribution in [0, 0.1) is 10.1 Å². The van der Waals surface area contributed by atoms with Crippen molar-refractivity contribution in [3.63, 3.8) is 0 Å². The number of nitro groups is 1. The molecule has 2 aromatic rings. The lowest BCUT2D eigenvalue weighted by Crippen LogP contribution is -2.32. The molecule has 0 saturated carbocycles. The number of H-pyrrole nitrogens is 1. The molecular weight excluding hydrogens is 274 g/mol. The molecule has 8 heteroatoms. The molecule has 8 nitrogen and oxygen atoms in total. The number of fused-ring (bicyclic) bond motifs is 1. The normalized spacial score (nSPS) is 10.7. The summed E-state index contributed by atoms with van der Waals surface area (Å²) in [7, 11) is 0. The molecule has 0 saturated heterocycles. The summed E-state index contributed by atoms with van der Waals surface area (Å²) >= 11 is 0. The van der Waals surface area contributed by atoms with Gasteiger partial charge in [-0.3, -0.25) is 20.0 Å². The highest BCUT2D eigenvalue weighted by Crippen LogP contribution is 2.21. The number of nitrogens with one attached hydrogen (secondary N) is 3. The lowest BCUT2D eigenvalue weighted by atomic mass is 10.2. The van der Waals surface area contributed by atoms with Crippen LogP contribution < -0.4 is 10.6 Å². The number of nitro benzene ring substituents is 1. The second-order valence-electron chi connectivity index (χ2n) is 4.57. The number of rotatable bonds is 7. The van der Waals surface area contributed by atoms with Crippen molar-refractivity contribution in [2.45, 2.75) is 13.3 Å². The van der Waals surface area contributed by atoms with E-state index in [0.29, 0.717) is 24.0 Å². The summed E-state index contributed by atoms with van der Waals surface area (Å²) in [5.41, 5.74) is 0.696. The fraction of sp³-hybridized carbons (Fsp3) is 0.385. The van der Waals surface area contributed by atoms with Gasteiger partial charge < -0.3 is 10.6 Å². The Balaban J connectivity index is 2.08. The van der Waals surface area contributed by atoms with Crippen molar-refractivity contribution in [2.75, 3.05) is 19.6 Å². The molecule has 0 aliphatic rings. The average molecular weight is 291 g/mol. The van der Waals surface area contributed by atoms with Crippen LogP contribution in [0.4, 0.5) is 5.69 Å². The molecule has 2 rings (SSSR count). The van der Waals surface area contributed by atoms with Gasteiger partial charge in [-0.1, -0.05) is 6.92 Å². The maximum absolute atomic E-state index is 12.0. The van der Waals surface area contributed by atoms with Crippen LogP contribution in [-0.2, 0) is 0 Å². The first kappa shape index (κ1) is 14.9. The maximum atomic E-state index is 12.0. The molecule has 0 spiro atoms. The van der Waals surface area contributed by atoms with Crippen LogP contribution in [0.25, 0.3) is 10.9 Å². The van der Waals surface area contributed by atoms with Crippen LogP contribution in [0.15, 0.2) is 18.2 Å². The second kappa shape index (κ2) is 6.80. The second-order valence-corrected chi connectivity index (χ2v) is 4.57. The van der Waals surface area contributed by atoms with E-state index in [4.69, 9.17) is 0 Å². The van der Waals surface area contributed by atoms with Gasteiger partial charge in [-0.05, 0) is 19.0 Å². The zero-order chi connectivity index (χ0) is 15.2. The molecule has 0 bridgehead atoms. The highest BCUT2D eigenvalue weighted by Gasteiger charge is 2.16. The lowest BCUT2D eigenvalue weighted by molar-refractivity contribution is -0.384. The van der Waals surface area contributed by atoms with E-state index in [2.05, 4.69) is 27.8 Å². The molecule has 0 atom stereocenters. The number of nitrogens with zero attached hydrogens (tertiary/aromatic N) is 2. The van der Waals surface area contributed by atoms with Gasteiger partial charge in [0.05, 0.1) is 10.4 Å². The van der Waals surface area contributed by atoms with E-state index in [-0.39, 0.29) is 17.3 Å².